The molecule has 0 spiro atoms. The number of nitrogens with zero attached hydrogens (tertiary/aromatic N) is 3. The van der Waals surface area contributed by atoms with Gasteiger partial charge in [-0.15, -0.1) is 0 Å². The van der Waals surface area contributed by atoms with Crippen LogP contribution in [0, 0.1) is 20.8 Å². The molecule has 1 aliphatic carbocycles. The van der Waals surface area contributed by atoms with E-state index >= 15 is 0 Å². The normalized spacial score (nSPS) is 14.5. The lowest BCUT2D eigenvalue weighted by Crippen LogP contribution is -2.25. The van der Waals surface area contributed by atoms with E-state index in [1.54, 1.807) is 6.07 Å². The highest BCUT2D eigenvalue weighted by Gasteiger charge is 2.30. The predicted octanol–water partition coefficient (Wildman–Crippen LogP) is 3.62. The van der Waals surface area contributed by atoms with Gasteiger partial charge in [-0.25, -0.2) is 4.79 Å². The van der Waals surface area contributed by atoms with Gasteiger partial charge >= 0.3 is 5.63 Å². The van der Waals surface area contributed by atoms with Crippen LogP contribution in [0.4, 0.5) is 0 Å². The first-order valence-corrected chi connectivity index (χ1v) is 9.19. The Bertz CT molecular complexity index is 1030. The fourth-order valence-electron chi connectivity index (χ4n) is 3.71. The number of fused-ring (bicyclic) bond motifs is 1. The Kier molecular flexibility index (Phi) is 4.19. The first kappa shape index (κ1) is 17.0. The van der Waals surface area contributed by atoms with Crippen molar-refractivity contribution in [1.82, 2.24) is 14.7 Å². The van der Waals surface area contributed by atoms with E-state index in [9.17, 15) is 4.79 Å². The summed E-state index contributed by atoms with van der Waals surface area (Å²) in [7, 11) is 2.00. The molecule has 0 aliphatic heterocycles. The Morgan fingerprint density at radius 1 is 1.19 bits per heavy atom. The van der Waals surface area contributed by atoms with Crippen molar-refractivity contribution in [3.8, 4) is 0 Å². The molecule has 4 rings (SSSR count). The highest BCUT2D eigenvalue weighted by atomic mass is 16.4. The van der Waals surface area contributed by atoms with Gasteiger partial charge in [0.25, 0.3) is 0 Å². The molecule has 1 aromatic carbocycles. The summed E-state index contributed by atoms with van der Waals surface area (Å²) in [6.45, 7) is 7.93. The monoisotopic (exact) mass is 351 g/mol. The standard InChI is InChI=1S/C21H25N3O2/c1-13-9-21(25)26-20-10-16(5-8-18(13)20)11-24(17-6-7-17)12-19-14(2)22-23(4)15(19)3/h5,8-10,17H,6-7,11-12H2,1-4H3. The minimum absolute atomic E-state index is 0.284. The van der Waals surface area contributed by atoms with Gasteiger partial charge in [-0.1, -0.05) is 12.1 Å². The van der Waals surface area contributed by atoms with Crippen LogP contribution in [0.15, 0.2) is 33.5 Å². The number of hydrogen-bond donors (Lipinski definition) is 0. The Hall–Kier alpha value is -2.40. The van der Waals surface area contributed by atoms with E-state index in [2.05, 4.69) is 36.0 Å². The van der Waals surface area contributed by atoms with Gasteiger partial charge in [0.1, 0.15) is 5.58 Å². The molecule has 2 heterocycles. The smallest absolute Gasteiger partial charge is 0.336 e. The number of benzene rings is 1. The molecule has 1 fully saturated rings. The molecule has 3 aromatic rings. The fraction of sp³-hybridized carbons (Fsp3) is 0.429. The topological polar surface area (TPSA) is 51.3 Å². The van der Waals surface area contributed by atoms with Crippen LogP contribution >= 0.6 is 0 Å². The molecule has 0 N–H and O–H groups in total. The average Bonchev–Trinajstić information content (AvgIpc) is 3.38. The minimum atomic E-state index is -0.284. The summed E-state index contributed by atoms with van der Waals surface area (Å²) in [5, 5.41) is 5.56. The van der Waals surface area contributed by atoms with Crippen molar-refractivity contribution in [1.29, 1.82) is 0 Å². The van der Waals surface area contributed by atoms with Crippen molar-refractivity contribution in [2.45, 2.75) is 52.7 Å². The van der Waals surface area contributed by atoms with Crippen LogP contribution in [-0.4, -0.2) is 20.7 Å². The van der Waals surface area contributed by atoms with Gasteiger partial charge in [0.05, 0.1) is 5.69 Å². The summed E-state index contributed by atoms with van der Waals surface area (Å²) in [6.07, 6.45) is 2.50. The van der Waals surface area contributed by atoms with Crippen molar-refractivity contribution in [3.63, 3.8) is 0 Å². The third-order valence-electron chi connectivity index (χ3n) is 5.48. The SMILES string of the molecule is Cc1nn(C)c(C)c1CN(Cc1ccc2c(C)cc(=O)oc2c1)C1CC1. The van der Waals surface area contributed by atoms with E-state index in [1.165, 1.54) is 29.7 Å². The lowest BCUT2D eigenvalue weighted by atomic mass is 10.1. The van der Waals surface area contributed by atoms with Gasteiger partial charge < -0.3 is 4.42 Å². The molecule has 0 saturated heterocycles. The molecule has 5 heteroatoms. The Morgan fingerprint density at radius 3 is 2.62 bits per heavy atom. The van der Waals surface area contributed by atoms with Crippen LogP contribution in [0.25, 0.3) is 11.0 Å². The second-order valence-corrected chi connectivity index (χ2v) is 7.49. The molecule has 1 saturated carbocycles. The Balaban J connectivity index is 1.63. The molecule has 0 radical (unpaired) electrons. The number of aromatic nitrogens is 2. The summed E-state index contributed by atoms with van der Waals surface area (Å²) < 4.78 is 7.37. The maximum absolute atomic E-state index is 11.7. The summed E-state index contributed by atoms with van der Waals surface area (Å²) in [6, 6.07) is 8.41. The first-order valence-electron chi connectivity index (χ1n) is 9.19. The maximum atomic E-state index is 11.7. The van der Waals surface area contributed by atoms with Crippen molar-refractivity contribution in [2.75, 3.05) is 0 Å². The van der Waals surface area contributed by atoms with Crippen LogP contribution in [0.5, 0.6) is 0 Å². The third-order valence-corrected chi connectivity index (χ3v) is 5.48. The molecule has 136 valence electrons. The average molecular weight is 351 g/mol. The van der Waals surface area contributed by atoms with Gasteiger partial charge in [-0.3, -0.25) is 9.58 Å². The van der Waals surface area contributed by atoms with Gasteiger partial charge in [0.2, 0.25) is 0 Å². The zero-order valence-electron chi connectivity index (χ0n) is 15.9. The number of hydrogen-bond acceptors (Lipinski definition) is 4. The van der Waals surface area contributed by atoms with E-state index in [4.69, 9.17) is 4.42 Å². The van der Waals surface area contributed by atoms with Gasteiger partial charge in [0, 0.05) is 48.9 Å². The molecule has 2 aromatic heterocycles. The van der Waals surface area contributed by atoms with Crippen molar-refractivity contribution < 1.29 is 4.42 Å². The molecule has 0 amide bonds. The molecule has 0 bridgehead atoms. The van der Waals surface area contributed by atoms with Gasteiger partial charge in [0.15, 0.2) is 0 Å². The molecule has 0 unspecified atom stereocenters. The number of aryl methyl sites for hydroxylation is 3. The van der Waals surface area contributed by atoms with Crippen LogP contribution < -0.4 is 5.63 Å². The van der Waals surface area contributed by atoms with Crippen LogP contribution in [0.1, 0.15) is 40.9 Å². The Labute approximate surface area is 153 Å². The summed E-state index contributed by atoms with van der Waals surface area (Å²) in [4.78, 5) is 14.2. The fourth-order valence-corrected chi connectivity index (χ4v) is 3.71. The van der Waals surface area contributed by atoms with Crippen LogP contribution in [0.3, 0.4) is 0 Å². The van der Waals surface area contributed by atoms with Crippen LogP contribution in [-0.2, 0) is 20.1 Å². The molecular formula is C21H25N3O2. The zero-order valence-corrected chi connectivity index (χ0v) is 15.9. The molecule has 5 nitrogen and oxygen atoms in total. The largest absolute Gasteiger partial charge is 0.423 e. The molecule has 0 atom stereocenters. The highest BCUT2D eigenvalue weighted by molar-refractivity contribution is 5.80. The van der Waals surface area contributed by atoms with E-state index in [0.717, 1.165) is 29.7 Å². The van der Waals surface area contributed by atoms with E-state index in [-0.39, 0.29) is 5.63 Å². The quantitative estimate of drug-likeness (QED) is 0.659. The highest BCUT2D eigenvalue weighted by Crippen LogP contribution is 2.31. The lowest BCUT2D eigenvalue weighted by Gasteiger charge is -2.22. The van der Waals surface area contributed by atoms with Crippen molar-refractivity contribution in [2.24, 2.45) is 7.05 Å². The zero-order chi connectivity index (χ0) is 18.4. The van der Waals surface area contributed by atoms with E-state index in [0.29, 0.717) is 11.6 Å². The second kappa shape index (κ2) is 6.40. The second-order valence-electron chi connectivity index (χ2n) is 7.49. The summed E-state index contributed by atoms with van der Waals surface area (Å²) in [5.74, 6) is 0. The Morgan fingerprint density at radius 2 is 1.96 bits per heavy atom. The third kappa shape index (κ3) is 3.19. The maximum Gasteiger partial charge on any atom is 0.336 e. The van der Waals surface area contributed by atoms with Gasteiger partial charge in [-0.05, 0) is 50.8 Å². The minimum Gasteiger partial charge on any atom is -0.423 e. The molecular weight excluding hydrogens is 326 g/mol. The summed E-state index contributed by atoms with van der Waals surface area (Å²) in [5.41, 5.74) is 6.19. The first-order chi connectivity index (χ1) is 12.4. The van der Waals surface area contributed by atoms with E-state index < -0.39 is 0 Å². The lowest BCUT2D eigenvalue weighted by molar-refractivity contribution is 0.244. The molecule has 1 aliphatic rings. The summed E-state index contributed by atoms with van der Waals surface area (Å²) >= 11 is 0. The van der Waals surface area contributed by atoms with Crippen molar-refractivity contribution in [3.05, 3.63) is 62.8 Å². The van der Waals surface area contributed by atoms with Gasteiger partial charge in [-0.2, -0.15) is 5.10 Å². The number of rotatable bonds is 5. The van der Waals surface area contributed by atoms with Crippen LogP contribution in [0.2, 0.25) is 0 Å². The van der Waals surface area contributed by atoms with E-state index in [1.807, 2.05) is 24.7 Å². The molecule has 26 heavy (non-hydrogen) atoms. The van der Waals surface area contributed by atoms with Crippen molar-refractivity contribution >= 4 is 11.0 Å². The predicted molar refractivity (Wildman–Crippen MR) is 102 cm³/mol.